The summed E-state index contributed by atoms with van der Waals surface area (Å²) >= 11 is 0. The molecule has 110 valence electrons. The fraction of sp³-hybridized carbons (Fsp3) is 0.938. The van der Waals surface area contributed by atoms with Gasteiger partial charge in [-0.15, -0.1) is 0 Å². The molecule has 2 saturated carbocycles. The highest BCUT2D eigenvalue weighted by molar-refractivity contribution is 5.79. The molecule has 1 amide bonds. The SMILES string of the molecule is CCC1CCC(N(C)C(=O)[C@@H]2CCC[C@@H]2CN)CC1. The quantitative estimate of drug-likeness (QED) is 0.850. The van der Waals surface area contributed by atoms with Crippen molar-refractivity contribution >= 4 is 5.91 Å². The molecule has 0 radical (unpaired) electrons. The summed E-state index contributed by atoms with van der Waals surface area (Å²) in [6, 6.07) is 0.481. The van der Waals surface area contributed by atoms with Crippen molar-refractivity contribution in [1.29, 1.82) is 0 Å². The van der Waals surface area contributed by atoms with Crippen molar-refractivity contribution in [3.63, 3.8) is 0 Å². The van der Waals surface area contributed by atoms with Crippen LogP contribution < -0.4 is 5.73 Å². The van der Waals surface area contributed by atoms with Crippen LogP contribution in [0.25, 0.3) is 0 Å². The van der Waals surface area contributed by atoms with E-state index in [1.807, 2.05) is 7.05 Å². The molecule has 0 aromatic heterocycles. The highest BCUT2D eigenvalue weighted by atomic mass is 16.2. The second-order valence-corrected chi connectivity index (χ2v) is 6.57. The Labute approximate surface area is 117 Å². The van der Waals surface area contributed by atoms with E-state index in [4.69, 9.17) is 5.73 Å². The number of nitrogens with two attached hydrogens (primary N) is 1. The van der Waals surface area contributed by atoms with Crippen molar-refractivity contribution in [2.24, 2.45) is 23.5 Å². The Kier molecular flexibility index (Phi) is 5.26. The topological polar surface area (TPSA) is 46.3 Å². The summed E-state index contributed by atoms with van der Waals surface area (Å²) in [5.74, 6) is 1.90. The van der Waals surface area contributed by atoms with Gasteiger partial charge in [0.1, 0.15) is 0 Å². The van der Waals surface area contributed by atoms with Crippen LogP contribution in [0.1, 0.15) is 58.3 Å². The number of rotatable bonds is 4. The van der Waals surface area contributed by atoms with E-state index in [9.17, 15) is 4.79 Å². The van der Waals surface area contributed by atoms with Crippen molar-refractivity contribution in [3.05, 3.63) is 0 Å². The number of carbonyl (C=O) groups is 1. The number of amides is 1. The van der Waals surface area contributed by atoms with Gasteiger partial charge in [0.25, 0.3) is 0 Å². The van der Waals surface area contributed by atoms with Crippen LogP contribution in [-0.2, 0) is 4.79 Å². The van der Waals surface area contributed by atoms with Crippen LogP contribution in [0, 0.1) is 17.8 Å². The first-order chi connectivity index (χ1) is 9.17. The lowest BCUT2D eigenvalue weighted by atomic mass is 9.83. The van der Waals surface area contributed by atoms with Gasteiger partial charge in [-0.1, -0.05) is 19.8 Å². The van der Waals surface area contributed by atoms with Gasteiger partial charge in [-0.05, 0) is 56.9 Å². The van der Waals surface area contributed by atoms with Gasteiger partial charge in [-0.2, -0.15) is 0 Å². The zero-order valence-electron chi connectivity index (χ0n) is 12.6. The second-order valence-electron chi connectivity index (χ2n) is 6.57. The maximum atomic E-state index is 12.6. The van der Waals surface area contributed by atoms with Crippen LogP contribution in [0.4, 0.5) is 0 Å². The van der Waals surface area contributed by atoms with Crippen LogP contribution in [0.5, 0.6) is 0 Å². The van der Waals surface area contributed by atoms with Gasteiger partial charge >= 0.3 is 0 Å². The van der Waals surface area contributed by atoms with Crippen molar-refractivity contribution in [2.45, 2.75) is 64.3 Å². The number of hydrogen-bond acceptors (Lipinski definition) is 2. The van der Waals surface area contributed by atoms with Crippen molar-refractivity contribution in [1.82, 2.24) is 4.90 Å². The summed E-state index contributed by atoms with van der Waals surface area (Å²) in [5.41, 5.74) is 5.81. The van der Waals surface area contributed by atoms with Gasteiger partial charge in [-0.3, -0.25) is 4.79 Å². The number of nitrogens with zero attached hydrogens (tertiary/aromatic N) is 1. The minimum absolute atomic E-state index is 0.207. The average Bonchev–Trinajstić information content (AvgIpc) is 2.94. The molecule has 2 fully saturated rings. The lowest BCUT2D eigenvalue weighted by Crippen LogP contribution is -2.44. The summed E-state index contributed by atoms with van der Waals surface area (Å²) < 4.78 is 0. The third-order valence-corrected chi connectivity index (χ3v) is 5.57. The van der Waals surface area contributed by atoms with E-state index in [2.05, 4.69) is 11.8 Å². The monoisotopic (exact) mass is 266 g/mol. The summed E-state index contributed by atoms with van der Waals surface area (Å²) in [5, 5.41) is 0. The summed E-state index contributed by atoms with van der Waals surface area (Å²) in [4.78, 5) is 14.7. The molecule has 3 heteroatoms. The summed E-state index contributed by atoms with van der Waals surface area (Å²) in [7, 11) is 2.02. The van der Waals surface area contributed by atoms with Gasteiger partial charge in [0.05, 0.1) is 0 Å². The highest BCUT2D eigenvalue weighted by Crippen LogP contribution is 2.35. The maximum Gasteiger partial charge on any atom is 0.225 e. The second kappa shape index (κ2) is 6.74. The van der Waals surface area contributed by atoms with E-state index < -0.39 is 0 Å². The molecule has 2 N–H and O–H groups in total. The fourth-order valence-corrected chi connectivity index (χ4v) is 4.03. The number of carbonyl (C=O) groups excluding carboxylic acids is 1. The third kappa shape index (κ3) is 3.31. The lowest BCUT2D eigenvalue weighted by molar-refractivity contribution is -0.138. The van der Waals surface area contributed by atoms with E-state index in [0.717, 1.165) is 18.8 Å². The van der Waals surface area contributed by atoms with Gasteiger partial charge in [-0.25, -0.2) is 0 Å². The molecular formula is C16H30N2O. The standard InChI is InChI=1S/C16H30N2O/c1-3-12-7-9-14(10-8-12)18(2)16(19)15-6-4-5-13(15)11-17/h12-15H,3-11,17H2,1-2H3/t12?,13-,14?,15-/m1/s1. The van der Waals surface area contributed by atoms with Crippen LogP contribution >= 0.6 is 0 Å². The zero-order chi connectivity index (χ0) is 13.8. The molecule has 0 heterocycles. The zero-order valence-corrected chi connectivity index (χ0v) is 12.6. The van der Waals surface area contributed by atoms with Crippen molar-refractivity contribution in [3.8, 4) is 0 Å². The average molecular weight is 266 g/mol. The fourth-order valence-electron chi connectivity index (χ4n) is 4.03. The van der Waals surface area contributed by atoms with E-state index in [0.29, 0.717) is 24.4 Å². The molecule has 0 spiro atoms. The Hall–Kier alpha value is -0.570. The Morgan fingerprint density at radius 2 is 1.84 bits per heavy atom. The van der Waals surface area contributed by atoms with Crippen LogP contribution in [0.2, 0.25) is 0 Å². The molecule has 0 bridgehead atoms. The van der Waals surface area contributed by atoms with Gasteiger partial charge < -0.3 is 10.6 Å². The van der Waals surface area contributed by atoms with Crippen LogP contribution in [0.15, 0.2) is 0 Å². The lowest BCUT2D eigenvalue weighted by Gasteiger charge is -2.36. The predicted octanol–water partition coefficient (Wildman–Crippen LogP) is 2.79. The first-order valence-corrected chi connectivity index (χ1v) is 8.14. The Balaban J connectivity index is 1.89. The minimum Gasteiger partial charge on any atom is -0.343 e. The van der Waals surface area contributed by atoms with Gasteiger partial charge in [0.2, 0.25) is 5.91 Å². The van der Waals surface area contributed by atoms with Gasteiger partial charge in [0.15, 0.2) is 0 Å². The normalized spacial score (nSPS) is 35.3. The highest BCUT2D eigenvalue weighted by Gasteiger charge is 2.36. The third-order valence-electron chi connectivity index (χ3n) is 5.57. The molecule has 2 rings (SSSR count). The molecule has 0 aromatic rings. The van der Waals surface area contributed by atoms with Crippen LogP contribution in [-0.4, -0.2) is 30.4 Å². The molecule has 0 unspecified atom stereocenters. The summed E-state index contributed by atoms with van der Waals surface area (Å²) in [6.07, 6.45) is 9.64. The predicted molar refractivity (Wildman–Crippen MR) is 78.7 cm³/mol. The van der Waals surface area contributed by atoms with Crippen molar-refractivity contribution < 1.29 is 4.79 Å². The van der Waals surface area contributed by atoms with E-state index in [1.165, 1.54) is 38.5 Å². The maximum absolute atomic E-state index is 12.6. The number of hydrogen-bond donors (Lipinski definition) is 1. The Morgan fingerprint density at radius 1 is 1.16 bits per heavy atom. The van der Waals surface area contributed by atoms with E-state index in [-0.39, 0.29) is 5.92 Å². The van der Waals surface area contributed by atoms with Gasteiger partial charge in [0, 0.05) is 19.0 Å². The smallest absolute Gasteiger partial charge is 0.225 e. The molecule has 2 atom stereocenters. The summed E-state index contributed by atoms with van der Waals surface area (Å²) in [6.45, 7) is 2.96. The molecule has 0 aromatic carbocycles. The van der Waals surface area contributed by atoms with Crippen LogP contribution in [0.3, 0.4) is 0 Å². The molecule has 2 aliphatic rings. The minimum atomic E-state index is 0.207. The molecule has 3 nitrogen and oxygen atoms in total. The molecule has 2 aliphatic carbocycles. The first-order valence-electron chi connectivity index (χ1n) is 8.14. The molecule has 19 heavy (non-hydrogen) atoms. The largest absolute Gasteiger partial charge is 0.343 e. The Bertz CT molecular complexity index is 297. The molecule has 0 aliphatic heterocycles. The molecule has 0 saturated heterocycles. The van der Waals surface area contributed by atoms with E-state index in [1.54, 1.807) is 0 Å². The Morgan fingerprint density at radius 3 is 2.42 bits per heavy atom. The first kappa shape index (κ1) is 14.8. The van der Waals surface area contributed by atoms with Crippen molar-refractivity contribution in [2.75, 3.05) is 13.6 Å². The van der Waals surface area contributed by atoms with E-state index >= 15 is 0 Å². The molecular weight excluding hydrogens is 236 g/mol.